The molecule has 0 aliphatic heterocycles. The van der Waals surface area contributed by atoms with E-state index in [1.807, 2.05) is 13.8 Å². The van der Waals surface area contributed by atoms with Gasteiger partial charge in [0, 0.05) is 17.8 Å². The molecule has 0 spiro atoms. The maximum atomic E-state index is 13.2. The van der Waals surface area contributed by atoms with Gasteiger partial charge in [0.1, 0.15) is 23.2 Å². The van der Waals surface area contributed by atoms with E-state index in [-0.39, 0.29) is 22.7 Å². The van der Waals surface area contributed by atoms with Gasteiger partial charge in [0.15, 0.2) is 0 Å². The fourth-order valence-electron chi connectivity index (χ4n) is 1.87. The number of anilines is 2. The molecule has 0 aliphatic rings. The Morgan fingerprint density at radius 2 is 2.09 bits per heavy atom. The number of nitrogens with one attached hydrogen (secondary N) is 2. The Bertz CT molecular complexity index is 723. The Kier molecular flexibility index (Phi) is 5.50. The minimum atomic E-state index is -0.496. The lowest BCUT2D eigenvalue weighted by Crippen LogP contribution is -2.32. The van der Waals surface area contributed by atoms with Crippen molar-refractivity contribution in [1.82, 2.24) is 15.3 Å². The molecule has 0 saturated carbocycles. The number of nitrogens with zero attached hydrogens (tertiary/aromatic N) is 2. The SMILES string of the molecule is CCC(C)NC(=O)c1cc(Nc2ccc(F)c(Cl)c2)nc(C)n1. The van der Waals surface area contributed by atoms with Gasteiger partial charge in [-0.3, -0.25) is 4.79 Å². The third-order valence-electron chi connectivity index (χ3n) is 3.25. The van der Waals surface area contributed by atoms with Gasteiger partial charge in [0.05, 0.1) is 5.02 Å². The topological polar surface area (TPSA) is 66.9 Å². The summed E-state index contributed by atoms with van der Waals surface area (Å²) >= 11 is 5.75. The van der Waals surface area contributed by atoms with Gasteiger partial charge in [-0.2, -0.15) is 0 Å². The Balaban J connectivity index is 2.22. The second kappa shape index (κ2) is 7.37. The summed E-state index contributed by atoms with van der Waals surface area (Å²) in [5.74, 6) is 0.140. The van der Waals surface area contributed by atoms with Crippen LogP contribution in [0.1, 0.15) is 36.6 Å². The Labute approximate surface area is 139 Å². The summed E-state index contributed by atoms with van der Waals surface area (Å²) < 4.78 is 13.2. The van der Waals surface area contributed by atoms with Crippen LogP contribution in [-0.2, 0) is 0 Å². The lowest BCUT2D eigenvalue weighted by atomic mass is 10.2. The summed E-state index contributed by atoms with van der Waals surface area (Å²) in [5.41, 5.74) is 0.844. The first kappa shape index (κ1) is 17.1. The van der Waals surface area contributed by atoms with Crippen molar-refractivity contribution < 1.29 is 9.18 Å². The van der Waals surface area contributed by atoms with Crippen molar-refractivity contribution in [3.05, 3.63) is 46.6 Å². The number of benzene rings is 1. The van der Waals surface area contributed by atoms with E-state index in [0.29, 0.717) is 17.3 Å². The van der Waals surface area contributed by atoms with Crippen LogP contribution in [0.15, 0.2) is 24.3 Å². The summed E-state index contributed by atoms with van der Waals surface area (Å²) in [7, 11) is 0. The summed E-state index contributed by atoms with van der Waals surface area (Å²) in [6.07, 6.45) is 0.828. The van der Waals surface area contributed by atoms with Crippen molar-refractivity contribution in [2.24, 2.45) is 0 Å². The molecule has 7 heteroatoms. The van der Waals surface area contributed by atoms with E-state index >= 15 is 0 Å². The molecule has 2 N–H and O–H groups in total. The van der Waals surface area contributed by atoms with Crippen LogP contribution in [-0.4, -0.2) is 21.9 Å². The number of rotatable bonds is 5. The maximum Gasteiger partial charge on any atom is 0.270 e. The van der Waals surface area contributed by atoms with Crippen LogP contribution in [0.3, 0.4) is 0 Å². The molecule has 0 saturated heterocycles. The van der Waals surface area contributed by atoms with Crippen LogP contribution in [0.4, 0.5) is 15.9 Å². The van der Waals surface area contributed by atoms with E-state index in [9.17, 15) is 9.18 Å². The summed E-state index contributed by atoms with van der Waals surface area (Å²) in [6, 6.07) is 5.85. The molecule has 0 aliphatic carbocycles. The molecule has 1 aromatic carbocycles. The summed E-state index contributed by atoms with van der Waals surface area (Å²) in [5, 5.41) is 5.86. The van der Waals surface area contributed by atoms with Gasteiger partial charge in [-0.1, -0.05) is 18.5 Å². The van der Waals surface area contributed by atoms with Gasteiger partial charge in [-0.05, 0) is 38.5 Å². The first-order chi connectivity index (χ1) is 10.9. The first-order valence-corrected chi connectivity index (χ1v) is 7.65. The number of aryl methyl sites for hydroxylation is 1. The number of carbonyl (C=O) groups excluding carboxylic acids is 1. The molecule has 1 atom stereocenters. The van der Waals surface area contributed by atoms with Crippen molar-refractivity contribution in [3.63, 3.8) is 0 Å². The van der Waals surface area contributed by atoms with E-state index in [2.05, 4.69) is 20.6 Å². The molecule has 5 nitrogen and oxygen atoms in total. The largest absolute Gasteiger partial charge is 0.348 e. The van der Waals surface area contributed by atoms with Gasteiger partial charge in [0.25, 0.3) is 5.91 Å². The van der Waals surface area contributed by atoms with Gasteiger partial charge < -0.3 is 10.6 Å². The number of carbonyl (C=O) groups is 1. The summed E-state index contributed by atoms with van der Waals surface area (Å²) in [6.45, 7) is 5.61. The monoisotopic (exact) mass is 336 g/mol. The zero-order valence-electron chi connectivity index (χ0n) is 13.2. The molecular formula is C16H18ClFN4O. The Morgan fingerprint density at radius 3 is 2.74 bits per heavy atom. The van der Waals surface area contributed by atoms with Crippen LogP contribution < -0.4 is 10.6 Å². The Morgan fingerprint density at radius 1 is 1.35 bits per heavy atom. The third-order valence-corrected chi connectivity index (χ3v) is 3.54. The second-order valence-corrected chi connectivity index (χ2v) is 5.63. The van der Waals surface area contributed by atoms with Gasteiger partial charge >= 0.3 is 0 Å². The predicted molar refractivity (Wildman–Crippen MR) is 88.7 cm³/mol. The van der Waals surface area contributed by atoms with Crippen molar-refractivity contribution in [2.75, 3.05) is 5.32 Å². The van der Waals surface area contributed by atoms with Crippen LogP contribution in [0.5, 0.6) is 0 Å². The fraction of sp³-hybridized carbons (Fsp3) is 0.312. The average molecular weight is 337 g/mol. The molecule has 0 bridgehead atoms. The van der Waals surface area contributed by atoms with Gasteiger partial charge in [-0.15, -0.1) is 0 Å². The van der Waals surface area contributed by atoms with Crippen molar-refractivity contribution in [2.45, 2.75) is 33.2 Å². The van der Waals surface area contributed by atoms with Gasteiger partial charge in [-0.25, -0.2) is 14.4 Å². The zero-order valence-corrected chi connectivity index (χ0v) is 13.9. The molecule has 0 fully saturated rings. The quantitative estimate of drug-likeness (QED) is 0.870. The third kappa shape index (κ3) is 4.63. The number of hydrogen-bond donors (Lipinski definition) is 2. The molecule has 2 aromatic rings. The minimum absolute atomic E-state index is 0.00974. The van der Waals surface area contributed by atoms with Crippen molar-refractivity contribution in [1.29, 1.82) is 0 Å². The molecule has 23 heavy (non-hydrogen) atoms. The molecule has 122 valence electrons. The molecule has 1 aromatic heterocycles. The van der Waals surface area contributed by atoms with Crippen LogP contribution in [0.25, 0.3) is 0 Å². The molecular weight excluding hydrogens is 319 g/mol. The zero-order chi connectivity index (χ0) is 17.0. The molecule has 1 unspecified atom stereocenters. The van der Waals surface area contributed by atoms with E-state index in [1.54, 1.807) is 13.0 Å². The molecule has 2 rings (SSSR count). The van der Waals surface area contributed by atoms with Crippen molar-refractivity contribution >= 4 is 29.0 Å². The highest BCUT2D eigenvalue weighted by molar-refractivity contribution is 6.31. The van der Waals surface area contributed by atoms with E-state index in [4.69, 9.17) is 11.6 Å². The highest BCUT2D eigenvalue weighted by Crippen LogP contribution is 2.22. The molecule has 1 amide bonds. The number of hydrogen-bond acceptors (Lipinski definition) is 4. The Hall–Kier alpha value is -2.21. The smallest absolute Gasteiger partial charge is 0.270 e. The van der Waals surface area contributed by atoms with Crippen LogP contribution in [0, 0.1) is 12.7 Å². The van der Waals surface area contributed by atoms with Crippen LogP contribution >= 0.6 is 11.6 Å². The standard InChI is InChI=1S/C16H18ClFN4O/c1-4-9(2)19-16(23)14-8-15(21-10(3)20-14)22-11-5-6-13(18)12(17)7-11/h5-9H,4H2,1-3H3,(H,19,23)(H,20,21,22). The van der Waals surface area contributed by atoms with Crippen LogP contribution in [0.2, 0.25) is 5.02 Å². The van der Waals surface area contributed by atoms with E-state index in [0.717, 1.165) is 6.42 Å². The lowest BCUT2D eigenvalue weighted by molar-refractivity contribution is 0.0934. The van der Waals surface area contributed by atoms with E-state index < -0.39 is 5.82 Å². The fourth-order valence-corrected chi connectivity index (χ4v) is 2.05. The second-order valence-electron chi connectivity index (χ2n) is 5.22. The van der Waals surface area contributed by atoms with Gasteiger partial charge in [0.2, 0.25) is 0 Å². The van der Waals surface area contributed by atoms with E-state index in [1.165, 1.54) is 18.2 Å². The van der Waals surface area contributed by atoms with Crippen molar-refractivity contribution in [3.8, 4) is 0 Å². The predicted octanol–water partition coefficient (Wildman–Crippen LogP) is 3.85. The minimum Gasteiger partial charge on any atom is -0.348 e. The number of halogens is 2. The number of amides is 1. The first-order valence-electron chi connectivity index (χ1n) is 7.27. The highest BCUT2D eigenvalue weighted by atomic mass is 35.5. The lowest BCUT2D eigenvalue weighted by Gasteiger charge is -2.12. The summed E-state index contributed by atoms with van der Waals surface area (Å²) in [4.78, 5) is 20.5. The highest BCUT2D eigenvalue weighted by Gasteiger charge is 2.13. The molecule has 1 heterocycles. The normalized spacial score (nSPS) is 11.9. The molecule has 0 radical (unpaired) electrons. The number of aromatic nitrogens is 2. The average Bonchev–Trinajstić information content (AvgIpc) is 2.50. The maximum absolute atomic E-state index is 13.2.